The molecule has 0 radical (unpaired) electrons. The van der Waals surface area contributed by atoms with Crippen molar-refractivity contribution in [3.8, 4) is 5.75 Å². The minimum atomic E-state index is -0.798. The zero-order valence-electron chi connectivity index (χ0n) is 14.2. The fourth-order valence-corrected chi connectivity index (χ4v) is 2.88. The molecule has 0 aliphatic heterocycles. The predicted octanol–water partition coefficient (Wildman–Crippen LogP) is 2.72. The van der Waals surface area contributed by atoms with Gasteiger partial charge in [0.15, 0.2) is 0 Å². The van der Waals surface area contributed by atoms with Gasteiger partial charge in [-0.05, 0) is 55.2 Å². The van der Waals surface area contributed by atoms with Gasteiger partial charge in [0, 0.05) is 6.54 Å². The van der Waals surface area contributed by atoms with Crippen LogP contribution in [0.4, 0.5) is 4.39 Å². The molecule has 0 bridgehead atoms. The van der Waals surface area contributed by atoms with Crippen LogP contribution in [-0.2, 0) is 10.2 Å². The second-order valence-corrected chi connectivity index (χ2v) is 6.58. The number of hydrogen-bond donors (Lipinski definition) is 2. The molecule has 25 heavy (non-hydrogen) atoms. The molecule has 2 aromatic rings. The van der Waals surface area contributed by atoms with Crippen LogP contribution < -0.4 is 10.1 Å². The van der Waals surface area contributed by atoms with Crippen LogP contribution in [0.15, 0.2) is 48.5 Å². The lowest BCUT2D eigenvalue weighted by atomic mass is 9.95. The van der Waals surface area contributed by atoms with E-state index in [9.17, 15) is 14.3 Å². The Kier molecular flexibility index (Phi) is 5.04. The van der Waals surface area contributed by atoms with E-state index in [0.717, 1.165) is 24.0 Å². The van der Waals surface area contributed by atoms with Crippen molar-refractivity contribution in [1.29, 1.82) is 0 Å². The molecule has 0 aromatic heterocycles. The highest BCUT2D eigenvalue weighted by atomic mass is 19.1. The molecule has 1 amide bonds. The maximum atomic E-state index is 13.1. The van der Waals surface area contributed by atoms with E-state index in [0.29, 0.717) is 5.75 Å². The number of aliphatic hydroxyl groups excluding tert-OH is 1. The molecule has 1 unspecified atom stereocenters. The predicted molar refractivity (Wildman–Crippen MR) is 93.0 cm³/mol. The summed E-state index contributed by atoms with van der Waals surface area (Å²) in [6, 6.07) is 13.6. The molecule has 1 saturated carbocycles. The standard InChI is InChI=1S/C20H22FNO3/c1-14-3-2-4-18(11-14)25-13-17(23)12-22-19(24)20(9-10-20)15-5-7-16(21)8-6-15/h2-8,11,17,23H,9-10,12-13H2,1H3,(H,22,24). The van der Waals surface area contributed by atoms with Gasteiger partial charge in [-0.3, -0.25) is 4.79 Å². The topological polar surface area (TPSA) is 58.6 Å². The SMILES string of the molecule is Cc1cccc(OCC(O)CNC(=O)C2(c3ccc(F)cc3)CC2)c1. The minimum Gasteiger partial charge on any atom is -0.491 e. The number of hydrogen-bond acceptors (Lipinski definition) is 3. The van der Waals surface area contributed by atoms with E-state index in [1.807, 2.05) is 31.2 Å². The largest absolute Gasteiger partial charge is 0.491 e. The highest BCUT2D eigenvalue weighted by Gasteiger charge is 2.51. The Bertz CT molecular complexity index is 741. The van der Waals surface area contributed by atoms with Gasteiger partial charge in [-0.15, -0.1) is 0 Å². The van der Waals surface area contributed by atoms with Gasteiger partial charge in [-0.1, -0.05) is 24.3 Å². The third kappa shape index (κ3) is 4.17. The van der Waals surface area contributed by atoms with Gasteiger partial charge in [-0.25, -0.2) is 4.39 Å². The Labute approximate surface area is 146 Å². The monoisotopic (exact) mass is 343 g/mol. The maximum absolute atomic E-state index is 13.1. The maximum Gasteiger partial charge on any atom is 0.230 e. The average Bonchev–Trinajstić information content (AvgIpc) is 3.40. The zero-order valence-corrected chi connectivity index (χ0v) is 14.2. The number of benzene rings is 2. The molecule has 5 heteroatoms. The molecular formula is C20H22FNO3. The van der Waals surface area contributed by atoms with Crippen molar-refractivity contribution in [1.82, 2.24) is 5.32 Å². The Morgan fingerprint density at radius 3 is 2.64 bits per heavy atom. The first-order valence-corrected chi connectivity index (χ1v) is 8.41. The third-order valence-corrected chi connectivity index (χ3v) is 4.51. The fraction of sp³-hybridized carbons (Fsp3) is 0.350. The highest BCUT2D eigenvalue weighted by Crippen LogP contribution is 2.48. The van der Waals surface area contributed by atoms with Crippen molar-refractivity contribution in [2.24, 2.45) is 0 Å². The van der Waals surface area contributed by atoms with Crippen LogP contribution in [0.5, 0.6) is 5.75 Å². The van der Waals surface area contributed by atoms with E-state index in [4.69, 9.17) is 4.74 Å². The normalized spacial score (nSPS) is 16.1. The molecule has 3 rings (SSSR count). The lowest BCUT2D eigenvalue weighted by Gasteiger charge is -2.18. The van der Waals surface area contributed by atoms with Gasteiger partial charge in [0.2, 0.25) is 5.91 Å². The van der Waals surface area contributed by atoms with E-state index in [1.165, 1.54) is 12.1 Å². The Morgan fingerprint density at radius 1 is 1.28 bits per heavy atom. The summed E-state index contributed by atoms with van der Waals surface area (Å²) < 4.78 is 18.6. The number of nitrogens with one attached hydrogen (secondary N) is 1. The van der Waals surface area contributed by atoms with Crippen LogP contribution in [-0.4, -0.2) is 30.3 Å². The van der Waals surface area contributed by atoms with E-state index >= 15 is 0 Å². The summed E-state index contributed by atoms with van der Waals surface area (Å²) in [6.07, 6.45) is 0.675. The van der Waals surface area contributed by atoms with Crippen LogP contribution in [0.1, 0.15) is 24.0 Å². The van der Waals surface area contributed by atoms with E-state index in [1.54, 1.807) is 12.1 Å². The number of aryl methyl sites for hydroxylation is 1. The summed E-state index contributed by atoms with van der Waals surface area (Å²) in [7, 11) is 0. The molecule has 4 nitrogen and oxygen atoms in total. The lowest BCUT2D eigenvalue weighted by molar-refractivity contribution is -0.124. The second kappa shape index (κ2) is 7.23. The number of carbonyl (C=O) groups excluding carboxylic acids is 1. The van der Waals surface area contributed by atoms with Crippen molar-refractivity contribution in [2.45, 2.75) is 31.3 Å². The Balaban J connectivity index is 1.49. The molecule has 2 aromatic carbocycles. The molecule has 132 valence electrons. The van der Waals surface area contributed by atoms with Gasteiger partial charge < -0.3 is 15.2 Å². The summed E-state index contributed by atoms with van der Waals surface area (Å²) in [5, 5.41) is 12.8. The van der Waals surface area contributed by atoms with E-state index in [-0.39, 0.29) is 24.9 Å². The van der Waals surface area contributed by atoms with Crippen LogP contribution in [0.2, 0.25) is 0 Å². The van der Waals surface area contributed by atoms with Gasteiger partial charge in [0.05, 0.1) is 5.41 Å². The first-order valence-electron chi connectivity index (χ1n) is 8.41. The number of rotatable bonds is 7. The third-order valence-electron chi connectivity index (χ3n) is 4.51. The first kappa shape index (κ1) is 17.4. The van der Waals surface area contributed by atoms with Crippen molar-refractivity contribution in [2.75, 3.05) is 13.2 Å². The number of aliphatic hydroxyl groups is 1. The zero-order chi connectivity index (χ0) is 17.9. The van der Waals surface area contributed by atoms with Gasteiger partial charge in [0.1, 0.15) is 24.3 Å². The fourth-order valence-electron chi connectivity index (χ4n) is 2.88. The number of amides is 1. The minimum absolute atomic E-state index is 0.104. The summed E-state index contributed by atoms with van der Waals surface area (Å²) in [5.74, 6) is 0.243. The number of ether oxygens (including phenoxy) is 1. The smallest absolute Gasteiger partial charge is 0.230 e. The summed E-state index contributed by atoms with van der Waals surface area (Å²) in [5.41, 5.74) is 1.32. The van der Waals surface area contributed by atoms with Crippen LogP contribution in [0.3, 0.4) is 0 Å². The van der Waals surface area contributed by atoms with Crippen molar-refractivity contribution in [3.05, 3.63) is 65.5 Å². The van der Waals surface area contributed by atoms with Crippen molar-refractivity contribution < 1.29 is 19.0 Å². The van der Waals surface area contributed by atoms with Gasteiger partial charge in [0.25, 0.3) is 0 Å². The van der Waals surface area contributed by atoms with Gasteiger partial charge in [-0.2, -0.15) is 0 Å². The molecule has 2 N–H and O–H groups in total. The van der Waals surface area contributed by atoms with Crippen LogP contribution in [0.25, 0.3) is 0 Å². The first-order chi connectivity index (χ1) is 12.0. The second-order valence-electron chi connectivity index (χ2n) is 6.58. The van der Waals surface area contributed by atoms with Crippen molar-refractivity contribution in [3.63, 3.8) is 0 Å². The average molecular weight is 343 g/mol. The molecular weight excluding hydrogens is 321 g/mol. The lowest BCUT2D eigenvalue weighted by Crippen LogP contribution is -2.40. The van der Waals surface area contributed by atoms with Crippen molar-refractivity contribution >= 4 is 5.91 Å². The van der Waals surface area contributed by atoms with E-state index < -0.39 is 11.5 Å². The number of carbonyl (C=O) groups is 1. The molecule has 0 spiro atoms. The summed E-state index contributed by atoms with van der Waals surface area (Å²) in [4.78, 5) is 12.5. The molecule has 1 aliphatic carbocycles. The molecule has 0 heterocycles. The highest BCUT2D eigenvalue weighted by molar-refractivity contribution is 5.91. The van der Waals surface area contributed by atoms with Crippen LogP contribution >= 0.6 is 0 Å². The van der Waals surface area contributed by atoms with Crippen LogP contribution in [0, 0.1) is 12.7 Å². The summed E-state index contributed by atoms with van der Waals surface area (Å²) >= 11 is 0. The molecule has 0 saturated heterocycles. The summed E-state index contributed by atoms with van der Waals surface area (Å²) in [6.45, 7) is 2.19. The van der Waals surface area contributed by atoms with E-state index in [2.05, 4.69) is 5.32 Å². The Morgan fingerprint density at radius 2 is 2.00 bits per heavy atom. The number of halogens is 1. The quantitative estimate of drug-likeness (QED) is 0.813. The van der Waals surface area contributed by atoms with Gasteiger partial charge >= 0.3 is 0 Å². The molecule has 1 aliphatic rings. The Hall–Kier alpha value is -2.40. The molecule has 1 fully saturated rings. The molecule has 1 atom stereocenters.